The maximum Gasteiger partial charge on any atom is 0.324 e. The molecule has 0 saturated carbocycles. The third-order valence-electron chi connectivity index (χ3n) is 6.90. The number of nitrogens with zero attached hydrogens (tertiary/aromatic N) is 4. The normalized spacial score (nSPS) is 13.3. The number of benzene rings is 2. The first kappa shape index (κ1) is 27.9. The maximum absolute atomic E-state index is 13.1. The Morgan fingerprint density at radius 2 is 1.71 bits per heavy atom. The molecule has 212 valence electrons. The van der Waals surface area contributed by atoms with E-state index in [4.69, 9.17) is 9.84 Å². The molecule has 3 N–H and O–H groups in total. The molecule has 0 saturated heterocycles. The van der Waals surface area contributed by atoms with E-state index in [-0.39, 0.29) is 23.0 Å². The topological polar surface area (TPSA) is 113 Å². The molecule has 0 radical (unpaired) electrons. The van der Waals surface area contributed by atoms with Crippen LogP contribution in [-0.2, 0) is 18.4 Å². The molecule has 5 rings (SSSR count). The fraction of sp³-hybridized carbons (Fsp3) is 0.290. The van der Waals surface area contributed by atoms with Gasteiger partial charge in [-0.3, -0.25) is 15.1 Å². The van der Waals surface area contributed by atoms with Crippen molar-refractivity contribution in [3.63, 3.8) is 0 Å². The molecule has 3 amide bonds. The number of rotatable bonds is 6. The van der Waals surface area contributed by atoms with Crippen LogP contribution in [0.1, 0.15) is 48.1 Å². The summed E-state index contributed by atoms with van der Waals surface area (Å²) in [4.78, 5) is 31.2. The molecule has 10 heteroatoms. The van der Waals surface area contributed by atoms with Crippen molar-refractivity contribution >= 4 is 23.4 Å². The smallest absolute Gasteiger partial charge is 0.324 e. The molecule has 0 bridgehead atoms. The van der Waals surface area contributed by atoms with E-state index in [1.165, 1.54) is 17.3 Å². The average Bonchev–Trinajstić information content (AvgIpc) is 3.37. The molecular weight excluding hydrogens is 518 g/mol. The van der Waals surface area contributed by atoms with E-state index in [0.29, 0.717) is 23.0 Å². The summed E-state index contributed by atoms with van der Waals surface area (Å²) in [5, 5.41) is 13.3. The largest absolute Gasteiger partial charge is 0.457 e. The summed E-state index contributed by atoms with van der Waals surface area (Å²) in [5.41, 5.74) is 5.06. The second kappa shape index (κ2) is 11.4. The standard InChI is InChI=1S/C31H35N7O3/c1-31(2,3)27-18-28(38(36-27)23-9-6-20-13-15-37(5)19-21(20)16-23)35-30(40)34-22-7-10-24(11-8-22)41-25-12-14-33-26(17-25)29(39)32-4/h6-12,14,16-18H,13,15,19H2,1-5H3,(H,32,39)(H2,34,35,40). The molecule has 0 spiro atoms. The summed E-state index contributed by atoms with van der Waals surface area (Å²) >= 11 is 0. The van der Waals surface area contributed by atoms with Gasteiger partial charge in [0.05, 0.1) is 11.4 Å². The molecule has 0 atom stereocenters. The van der Waals surface area contributed by atoms with E-state index < -0.39 is 0 Å². The molecule has 0 aliphatic carbocycles. The van der Waals surface area contributed by atoms with Crippen molar-refractivity contribution in [2.75, 3.05) is 31.3 Å². The quantitative estimate of drug-likeness (QED) is 0.297. The predicted octanol–water partition coefficient (Wildman–Crippen LogP) is 5.35. The number of anilines is 2. The van der Waals surface area contributed by atoms with Gasteiger partial charge in [-0.05, 0) is 67.1 Å². The Labute approximate surface area is 239 Å². The van der Waals surface area contributed by atoms with Gasteiger partial charge in [0.1, 0.15) is 23.0 Å². The molecule has 1 aliphatic rings. The number of hydrogen-bond donors (Lipinski definition) is 3. The van der Waals surface area contributed by atoms with Crippen LogP contribution in [0.4, 0.5) is 16.3 Å². The Balaban J connectivity index is 1.30. The number of amides is 3. The fourth-order valence-electron chi connectivity index (χ4n) is 4.60. The van der Waals surface area contributed by atoms with Crippen LogP contribution in [0, 0.1) is 0 Å². The number of likely N-dealkylation sites (N-methyl/N-ethyl adjacent to an activating group) is 1. The Morgan fingerprint density at radius 1 is 0.927 bits per heavy atom. The first-order chi connectivity index (χ1) is 19.6. The lowest BCUT2D eigenvalue weighted by molar-refractivity contribution is 0.0957. The molecule has 0 unspecified atom stereocenters. The van der Waals surface area contributed by atoms with Crippen LogP contribution in [0.3, 0.4) is 0 Å². The number of pyridine rings is 1. The number of urea groups is 1. The second-order valence-corrected chi connectivity index (χ2v) is 11.2. The lowest BCUT2D eigenvalue weighted by Crippen LogP contribution is -2.26. The van der Waals surface area contributed by atoms with Gasteiger partial charge in [-0.2, -0.15) is 5.10 Å². The van der Waals surface area contributed by atoms with Gasteiger partial charge in [0.25, 0.3) is 5.91 Å². The molecule has 1 aliphatic heterocycles. The summed E-state index contributed by atoms with van der Waals surface area (Å²) in [6, 6.07) is 18.1. The maximum atomic E-state index is 13.1. The Kier molecular flexibility index (Phi) is 7.76. The molecule has 41 heavy (non-hydrogen) atoms. The van der Waals surface area contributed by atoms with Crippen LogP contribution in [0.5, 0.6) is 11.5 Å². The Hall–Kier alpha value is -4.70. The van der Waals surface area contributed by atoms with Crippen molar-refractivity contribution in [2.45, 2.75) is 39.2 Å². The highest BCUT2D eigenvalue weighted by atomic mass is 16.5. The van der Waals surface area contributed by atoms with Crippen LogP contribution >= 0.6 is 0 Å². The van der Waals surface area contributed by atoms with E-state index in [9.17, 15) is 9.59 Å². The molecule has 2 aromatic carbocycles. The third-order valence-corrected chi connectivity index (χ3v) is 6.90. The van der Waals surface area contributed by atoms with Crippen molar-refractivity contribution in [1.29, 1.82) is 0 Å². The van der Waals surface area contributed by atoms with Gasteiger partial charge in [-0.1, -0.05) is 26.8 Å². The van der Waals surface area contributed by atoms with Gasteiger partial charge in [0, 0.05) is 49.6 Å². The van der Waals surface area contributed by atoms with Crippen molar-refractivity contribution in [3.8, 4) is 17.2 Å². The minimum Gasteiger partial charge on any atom is -0.457 e. The summed E-state index contributed by atoms with van der Waals surface area (Å²) in [6.07, 6.45) is 2.54. The highest BCUT2D eigenvalue weighted by Gasteiger charge is 2.23. The Bertz CT molecular complexity index is 1570. The van der Waals surface area contributed by atoms with Crippen molar-refractivity contribution in [1.82, 2.24) is 25.0 Å². The molecule has 2 aromatic heterocycles. The van der Waals surface area contributed by atoms with Gasteiger partial charge in [-0.15, -0.1) is 0 Å². The number of fused-ring (bicyclic) bond motifs is 1. The minimum atomic E-state index is -0.387. The van der Waals surface area contributed by atoms with E-state index >= 15 is 0 Å². The van der Waals surface area contributed by atoms with E-state index in [2.05, 4.69) is 71.9 Å². The Morgan fingerprint density at radius 3 is 2.44 bits per heavy atom. The SMILES string of the molecule is CNC(=O)c1cc(Oc2ccc(NC(=O)Nc3cc(C(C)(C)C)nn3-c3ccc4c(c3)CN(C)CC4)cc2)ccn1. The fourth-order valence-corrected chi connectivity index (χ4v) is 4.60. The van der Waals surface area contributed by atoms with Gasteiger partial charge < -0.3 is 20.3 Å². The van der Waals surface area contributed by atoms with Gasteiger partial charge in [0.15, 0.2) is 0 Å². The zero-order valence-electron chi connectivity index (χ0n) is 24.0. The first-order valence-electron chi connectivity index (χ1n) is 13.5. The van der Waals surface area contributed by atoms with E-state index in [1.54, 1.807) is 48.1 Å². The third kappa shape index (κ3) is 6.55. The van der Waals surface area contributed by atoms with Crippen LogP contribution in [0.25, 0.3) is 5.69 Å². The number of nitrogens with one attached hydrogen (secondary N) is 3. The van der Waals surface area contributed by atoms with Crippen LogP contribution in [0.15, 0.2) is 66.9 Å². The summed E-state index contributed by atoms with van der Waals surface area (Å²) in [5.74, 6) is 1.32. The summed E-state index contributed by atoms with van der Waals surface area (Å²) in [6.45, 7) is 8.22. The molecular formula is C31H35N7O3. The van der Waals surface area contributed by atoms with Gasteiger partial charge in [-0.25, -0.2) is 9.48 Å². The zero-order valence-corrected chi connectivity index (χ0v) is 24.0. The molecule has 10 nitrogen and oxygen atoms in total. The zero-order chi connectivity index (χ0) is 29.1. The first-order valence-corrected chi connectivity index (χ1v) is 13.5. The number of ether oxygens (including phenoxy) is 1. The van der Waals surface area contributed by atoms with Crippen molar-refractivity contribution in [2.24, 2.45) is 0 Å². The van der Waals surface area contributed by atoms with Gasteiger partial charge >= 0.3 is 6.03 Å². The highest BCUT2D eigenvalue weighted by molar-refractivity contribution is 5.99. The molecule has 4 aromatic rings. The summed E-state index contributed by atoms with van der Waals surface area (Å²) < 4.78 is 7.65. The average molecular weight is 554 g/mol. The van der Waals surface area contributed by atoms with Crippen LogP contribution in [-0.4, -0.2) is 52.2 Å². The van der Waals surface area contributed by atoms with E-state index in [1.807, 2.05) is 6.07 Å². The highest BCUT2D eigenvalue weighted by Crippen LogP contribution is 2.29. The lowest BCUT2D eigenvalue weighted by atomic mass is 9.92. The second-order valence-electron chi connectivity index (χ2n) is 11.2. The van der Waals surface area contributed by atoms with Crippen LogP contribution in [0.2, 0.25) is 0 Å². The van der Waals surface area contributed by atoms with Crippen LogP contribution < -0.4 is 20.7 Å². The lowest BCUT2D eigenvalue weighted by Gasteiger charge is -2.25. The summed E-state index contributed by atoms with van der Waals surface area (Å²) in [7, 11) is 3.67. The molecule has 3 heterocycles. The predicted molar refractivity (Wildman–Crippen MR) is 159 cm³/mol. The number of carbonyl (C=O) groups is 2. The number of carbonyl (C=O) groups excluding carboxylic acids is 2. The van der Waals surface area contributed by atoms with Crippen molar-refractivity contribution in [3.05, 3.63) is 89.4 Å². The number of aromatic nitrogens is 3. The van der Waals surface area contributed by atoms with Crippen molar-refractivity contribution < 1.29 is 14.3 Å². The monoisotopic (exact) mass is 553 g/mol. The number of hydrogen-bond acceptors (Lipinski definition) is 6. The molecule has 0 fully saturated rings. The van der Waals surface area contributed by atoms with E-state index in [0.717, 1.165) is 30.9 Å². The minimum absolute atomic E-state index is 0.196. The van der Waals surface area contributed by atoms with Gasteiger partial charge in [0.2, 0.25) is 0 Å².